The monoisotopic (exact) mass is 400 g/mol. The molecule has 0 spiro atoms. The minimum absolute atomic E-state index is 0.583. The maximum atomic E-state index is 5.89. The number of aromatic nitrogens is 1. The molecule has 0 unspecified atom stereocenters. The Morgan fingerprint density at radius 1 is 1.20 bits per heavy atom. The maximum absolute atomic E-state index is 5.89. The second-order valence-corrected chi connectivity index (χ2v) is 5.73. The van der Waals surface area contributed by atoms with Gasteiger partial charge in [0.15, 0.2) is 0 Å². The van der Waals surface area contributed by atoms with E-state index < -0.39 is 0 Å². The topological polar surface area (TPSA) is 43.4 Å². The molecule has 1 N–H and O–H groups in total. The molecule has 0 radical (unpaired) electrons. The quantitative estimate of drug-likeness (QED) is 0.817. The lowest BCUT2D eigenvalue weighted by Crippen LogP contribution is -2.07. The van der Waals surface area contributed by atoms with Crippen molar-refractivity contribution in [2.75, 3.05) is 14.2 Å². The fourth-order valence-corrected chi connectivity index (χ4v) is 2.58. The van der Waals surface area contributed by atoms with Crippen LogP contribution in [0.1, 0.15) is 5.56 Å². The molecular weight excluding hydrogens is 388 g/mol. The molecule has 0 atom stereocenters. The summed E-state index contributed by atoms with van der Waals surface area (Å²) in [6.07, 6.45) is 1.71. The molecule has 0 saturated heterocycles. The standard InChI is InChI=1S/C14H14Br2N2O2/c1-17-8-9-4-3-5-18-14(9)20-13-7-10(15)12(19-2)6-11(13)16/h3-7,17H,8H2,1-2H3. The van der Waals surface area contributed by atoms with E-state index in [-0.39, 0.29) is 0 Å². The highest BCUT2D eigenvalue weighted by Crippen LogP contribution is 2.38. The fraction of sp³-hybridized carbons (Fsp3) is 0.214. The lowest BCUT2D eigenvalue weighted by Gasteiger charge is -2.12. The molecule has 1 aromatic heterocycles. The molecule has 0 fully saturated rings. The summed E-state index contributed by atoms with van der Waals surface area (Å²) in [7, 11) is 3.51. The molecule has 1 aromatic carbocycles. The van der Waals surface area contributed by atoms with Crippen molar-refractivity contribution in [2.45, 2.75) is 6.54 Å². The third kappa shape index (κ3) is 3.50. The molecule has 4 nitrogen and oxygen atoms in total. The van der Waals surface area contributed by atoms with E-state index in [1.54, 1.807) is 13.3 Å². The minimum Gasteiger partial charge on any atom is -0.496 e. The Kier molecular flexibility index (Phi) is 5.39. The predicted molar refractivity (Wildman–Crippen MR) is 85.5 cm³/mol. The molecule has 2 rings (SSSR count). The van der Waals surface area contributed by atoms with E-state index >= 15 is 0 Å². The molecule has 0 saturated carbocycles. The van der Waals surface area contributed by atoms with Gasteiger partial charge in [0.1, 0.15) is 11.5 Å². The van der Waals surface area contributed by atoms with E-state index in [0.29, 0.717) is 18.2 Å². The number of benzene rings is 1. The summed E-state index contributed by atoms with van der Waals surface area (Å²) in [6, 6.07) is 7.56. The Hall–Kier alpha value is -1.11. The van der Waals surface area contributed by atoms with Crippen molar-refractivity contribution in [1.29, 1.82) is 0 Å². The highest BCUT2D eigenvalue weighted by molar-refractivity contribution is 9.11. The van der Waals surface area contributed by atoms with E-state index in [9.17, 15) is 0 Å². The summed E-state index contributed by atoms with van der Waals surface area (Å²) in [4.78, 5) is 4.28. The minimum atomic E-state index is 0.583. The molecule has 20 heavy (non-hydrogen) atoms. The zero-order chi connectivity index (χ0) is 14.5. The highest BCUT2D eigenvalue weighted by atomic mass is 79.9. The number of pyridine rings is 1. The van der Waals surface area contributed by atoms with Gasteiger partial charge in [-0.2, -0.15) is 0 Å². The Bertz CT molecular complexity index is 606. The predicted octanol–water partition coefficient (Wildman–Crippen LogP) is 4.13. The normalized spacial score (nSPS) is 10.4. The van der Waals surface area contributed by atoms with Crippen molar-refractivity contribution in [3.8, 4) is 17.4 Å². The van der Waals surface area contributed by atoms with Gasteiger partial charge >= 0.3 is 0 Å². The summed E-state index contributed by atoms with van der Waals surface area (Å²) in [5, 5.41) is 3.09. The summed E-state index contributed by atoms with van der Waals surface area (Å²) in [5.74, 6) is 1.99. The Morgan fingerprint density at radius 2 is 1.90 bits per heavy atom. The smallest absolute Gasteiger partial charge is 0.223 e. The Labute approximate surface area is 134 Å². The SMILES string of the molecule is CNCc1cccnc1Oc1cc(Br)c(OC)cc1Br. The number of hydrogen-bond donors (Lipinski definition) is 1. The van der Waals surface area contributed by atoms with Crippen LogP contribution in [-0.4, -0.2) is 19.1 Å². The lowest BCUT2D eigenvalue weighted by molar-refractivity contribution is 0.408. The second-order valence-electron chi connectivity index (χ2n) is 4.02. The van der Waals surface area contributed by atoms with Gasteiger partial charge in [-0.05, 0) is 57.1 Å². The van der Waals surface area contributed by atoms with Crippen LogP contribution in [0.15, 0.2) is 39.4 Å². The first-order valence-corrected chi connectivity index (χ1v) is 7.53. The van der Waals surface area contributed by atoms with Crippen LogP contribution in [-0.2, 0) is 6.54 Å². The summed E-state index contributed by atoms with van der Waals surface area (Å²) in [6.45, 7) is 0.693. The van der Waals surface area contributed by atoms with Gasteiger partial charge in [-0.15, -0.1) is 0 Å². The van der Waals surface area contributed by atoms with Gasteiger partial charge in [0.25, 0.3) is 0 Å². The number of ether oxygens (including phenoxy) is 2. The molecule has 6 heteroatoms. The van der Waals surface area contributed by atoms with E-state index in [4.69, 9.17) is 9.47 Å². The van der Waals surface area contributed by atoms with Crippen molar-refractivity contribution < 1.29 is 9.47 Å². The molecule has 0 aliphatic rings. The van der Waals surface area contributed by atoms with Gasteiger partial charge < -0.3 is 14.8 Å². The average Bonchev–Trinajstić information content (AvgIpc) is 2.45. The third-order valence-corrected chi connectivity index (χ3v) is 3.87. The van der Waals surface area contributed by atoms with Crippen LogP contribution in [0.3, 0.4) is 0 Å². The van der Waals surface area contributed by atoms with Crippen LogP contribution in [0.5, 0.6) is 17.4 Å². The van der Waals surface area contributed by atoms with Gasteiger partial charge in [-0.1, -0.05) is 6.07 Å². The van der Waals surface area contributed by atoms with Crippen molar-refractivity contribution >= 4 is 31.9 Å². The number of nitrogens with zero attached hydrogens (tertiary/aromatic N) is 1. The second kappa shape index (κ2) is 7.06. The fourth-order valence-electron chi connectivity index (χ4n) is 1.69. The van der Waals surface area contributed by atoms with Crippen LogP contribution in [0.4, 0.5) is 0 Å². The van der Waals surface area contributed by atoms with Gasteiger partial charge in [0.2, 0.25) is 5.88 Å². The molecule has 2 aromatic rings. The van der Waals surface area contributed by atoms with E-state index in [1.165, 1.54) is 0 Å². The third-order valence-electron chi connectivity index (χ3n) is 2.63. The molecule has 0 aliphatic heterocycles. The Balaban J connectivity index is 2.33. The molecule has 0 bridgehead atoms. The number of halogens is 2. The molecule has 1 heterocycles. The largest absolute Gasteiger partial charge is 0.496 e. The average molecular weight is 402 g/mol. The van der Waals surface area contributed by atoms with Gasteiger partial charge in [-0.3, -0.25) is 0 Å². The summed E-state index contributed by atoms with van der Waals surface area (Å²) >= 11 is 6.92. The number of rotatable bonds is 5. The Morgan fingerprint density at radius 3 is 2.60 bits per heavy atom. The lowest BCUT2D eigenvalue weighted by atomic mass is 10.2. The first kappa shape index (κ1) is 15.3. The maximum Gasteiger partial charge on any atom is 0.223 e. The van der Waals surface area contributed by atoms with Crippen molar-refractivity contribution in [3.05, 3.63) is 45.0 Å². The van der Waals surface area contributed by atoms with Gasteiger partial charge in [-0.25, -0.2) is 4.98 Å². The zero-order valence-electron chi connectivity index (χ0n) is 11.1. The van der Waals surface area contributed by atoms with Crippen LogP contribution >= 0.6 is 31.9 Å². The van der Waals surface area contributed by atoms with E-state index in [1.807, 2.05) is 31.3 Å². The molecule has 106 valence electrons. The van der Waals surface area contributed by atoms with Crippen LogP contribution in [0.2, 0.25) is 0 Å². The van der Waals surface area contributed by atoms with Crippen LogP contribution < -0.4 is 14.8 Å². The molecule has 0 aliphatic carbocycles. The number of methoxy groups -OCH3 is 1. The van der Waals surface area contributed by atoms with E-state index in [2.05, 4.69) is 42.2 Å². The highest BCUT2D eigenvalue weighted by Gasteiger charge is 2.11. The van der Waals surface area contributed by atoms with Crippen molar-refractivity contribution in [3.63, 3.8) is 0 Å². The first-order chi connectivity index (χ1) is 9.65. The molecular formula is C14H14Br2N2O2. The summed E-state index contributed by atoms with van der Waals surface area (Å²) in [5.41, 5.74) is 0.994. The van der Waals surface area contributed by atoms with Crippen LogP contribution in [0.25, 0.3) is 0 Å². The number of nitrogens with one attached hydrogen (secondary N) is 1. The summed E-state index contributed by atoms with van der Waals surface area (Å²) < 4.78 is 12.8. The van der Waals surface area contributed by atoms with Crippen LogP contribution in [0, 0.1) is 0 Å². The first-order valence-electron chi connectivity index (χ1n) is 5.95. The zero-order valence-corrected chi connectivity index (χ0v) is 14.3. The van der Waals surface area contributed by atoms with Crippen molar-refractivity contribution in [1.82, 2.24) is 10.3 Å². The van der Waals surface area contributed by atoms with E-state index in [0.717, 1.165) is 20.3 Å². The van der Waals surface area contributed by atoms with Gasteiger partial charge in [0, 0.05) is 18.3 Å². The van der Waals surface area contributed by atoms with Gasteiger partial charge in [0.05, 0.1) is 16.1 Å². The van der Waals surface area contributed by atoms with Crippen molar-refractivity contribution in [2.24, 2.45) is 0 Å². The molecule has 0 amide bonds. The number of hydrogen-bond acceptors (Lipinski definition) is 4.